The van der Waals surface area contributed by atoms with Gasteiger partial charge in [0.05, 0.1) is 21.8 Å². The highest BCUT2D eigenvalue weighted by Gasteiger charge is 2.29. The number of imidazole rings is 1. The Kier molecular flexibility index (Phi) is 4.13. The minimum absolute atomic E-state index is 0.0159. The molecule has 3 rings (SSSR count). The number of carboxylic acid groups (broad SMARTS) is 1. The predicted molar refractivity (Wildman–Crippen MR) is 85.2 cm³/mol. The van der Waals surface area contributed by atoms with E-state index in [-0.39, 0.29) is 5.75 Å². The van der Waals surface area contributed by atoms with Crippen LogP contribution in [0.5, 0.6) is 0 Å². The summed E-state index contributed by atoms with van der Waals surface area (Å²) >= 11 is 7.65. The van der Waals surface area contributed by atoms with Crippen LogP contribution in [-0.2, 0) is 4.79 Å². The summed E-state index contributed by atoms with van der Waals surface area (Å²) in [5, 5.41) is 10.4. The van der Waals surface area contributed by atoms with E-state index in [1.807, 2.05) is 18.2 Å². The monoisotopic (exact) mass is 324 g/mol. The van der Waals surface area contributed by atoms with Gasteiger partial charge in [-0.1, -0.05) is 42.8 Å². The number of thioether (sulfide) groups is 1. The molecule has 1 aliphatic carbocycles. The first-order valence-electron chi connectivity index (χ1n) is 7.09. The van der Waals surface area contributed by atoms with Gasteiger partial charge in [-0.2, -0.15) is 0 Å². The van der Waals surface area contributed by atoms with Gasteiger partial charge in [0.2, 0.25) is 0 Å². The van der Waals surface area contributed by atoms with Gasteiger partial charge in [0.15, 0.2) is 5.16 Å². The first-order valence-corrected chi connectivity index (χ1v) is 8.45. The van der Waals surface area contributed by atoms with Crippen LogP contribution >= 0.6 is 23.4 Å². The Morgan fingerprint density at radius 1 is 1.52 bits per heavy atom. The van der Waals surface area contributed by atoms with E-state index in [1.54, 1.807) is 0 Å². The van der Waals surface area contributed by atoms with E-state index in [9.17, 15) is 4.79 Å². The molecule has 112 valence electrons. The number of nitrogens with zero attached hydrogens (tertiary/aromatic N) is 2. The fourth-order valence-corrected chi connectivity index (χ4v) is 4.17. The molecule has 4 nitrogen and oxygen atoms in total. The van der Waals surface area contributed by atoms with Gasteiger partial charge in [-0.05, 0) is 30.9 Å². The first kappa shape index (κ1) is 14.7. The van der Waals surface area contributed by atoms with Gasteiger partial charge in [-0.15, -0.1) is 0 Å². The van der Waals surface area contributed by atoms with E-state index in [0.29, 0.717) is 17.0 Å². The Morgan fingerprint density at radius 3 is 3.00 bits per heavy atom. The molecule has 1 N–H and O–H groups in total. The molecule has 2 atom stereocenters. The van der Waals surface area contributed by atoms with Crippen LogP contribution in [0.25, 0.3) is 11.0 Å². The van der Waals surface area contributed by atoms with E-state index in [1.165, 1.54) is 24.6 Å². The van der Waals surface area contributed by atoms with Gasteiger partial charge in [0.1, 0.15) is 0 Å². The molecule has 6 heteroatoms. The lowest BCUT2D eigenvalue weighted by molar-refractivity contribution is -0.133. The van der Waals surface area contributed by atoms with Crippen molar-refractivity contribution in [3.8, 4) is 0 Å². The number of carboxylic acids is 1. The zero-order valence-corrected chi connectivity index (χ0v) is 13.3. The quantitative estimate of drug-likeness (QED) is 0.855. The number of carbonyl (C=O) groups is 1. The minimum Gasteiger partial charge on any atom is -0.481 e. The first-order chi connectivity index (χ1) is 10.1. The SMILES string of the molecule is CC1CCCC1n1c(SCC(=O)O)nc2cccc(Cl)c21. The van der Waals surface area contributed by atoms with E-state index >= 15 is 0 Å². The molecule has 1 fully saturated rings. The van der Waals surface area contributed by atoms with Crippen molar-refractivity contribution in [1.82, 2.24) is 9.55 Å². The second-order valence-electron chi connectivity index (χ2n) is 5.53. The summed E-state index contributed by atoms with van der Waals surface area (Å²) in [5.41, 5.74) is 1.78. The summed E-state index contributed by atoms with van der Waals surface area (Å²) < 4.78 is 2.17. The van der Waals surface area contributed by atoms with Gasteiger partial charge < -0.3 is 9.67 Å². The number of rotatable bonds is 4. The van der Waals surface area contributed by atoms with Crippen LogP contribution < -0.4 is 0 Å². The van der Waals surface area contributed by atoms with E-state index in [4.69, 9.17) is 16.7 Å². The summed E-state index contributed by atoms with van der Waals surface area (Å²) in [6, 6.07) is 6.03. The molecule has 1 aromatic heterocycles. The molecular weight excluding hydrogens is 308 g/mol. The Hall–Kier alpha value is -1.20. The normalized spacial score (nSPS) is 22.0. The van der Waals surface area contributed by atoms with Crippen molar-refractivity contribution in [3.63, 3.8) is 0 Å². The lowest BCUT2D eigenvalue weighted by Crippen LogP contribution is -2.13. The number of benzene rings is 1. The molecule has 21 heavy (non-hydrogen) atoms. The molecule has 0 aliphatic heterocycles. The van der Waals surface area contributed by atoms with Crippen LogP contribution in [0.2, 0.25) is 5.02 Å². The molecule has 2 aromatic rings. The van der Waals surface area contributed by atoms with Crippen molar-refractivity contribution in [2.45, 2.75) is 37.4 Å². The van der Waals surface area contributed by atoms with Crippen molar-refractivity contribution >= 4 is 40.4 Å². The number of halogens is 1. The molecule has 1 aliphatic rings. The maximum atomic E-state index is 10.9. The second-order valence-corrected chi connectivity index (χ2v) is 6.88. The molecule has 0 spiro atoms. The number of aliphatic carboxylic acids is 1. The van der Waals surface area contributed by atoms with Crippen molar-refractivity contribution in [1.29, 1.82) is 0 Å². The predicted octanol–water partition coefficient (Wildman–Crippen LogP) is 4.23. The fourth-order valence-electron chi connectivity index (χ4n) is 3.13. The molecule has 0 amide bonds. The highest BCUT2D eigenvalue weighted by Crippen LogP contribution is 2.41. The minimum atomic E-state index is -0.829. The van der Waals surface area contributed by atoms with Gasteiger partial charge in [0, 0.05) is 6.04 Å². The largest absolute Gasteiger partial charge is 0.481 e. The van der Waals surface area contributed by atoms with E-state index < -0.39 is 5.97 Å². The number of hydrogen-bond acceptors (Lipinski definition) is 3. The Balaban J connectivity index is 2.12. The highest BCUT2D eigenvalue weighted by atomic mass is 35.5. The summed E-state index contributed by atoms with van der Waals surface area (Å²) in [4.78, 5) is 15.5. The molecule has 0 radical (unpaired) electrons. The smallest absolute Gasteiger partial charge is 0.313 e. The average Bonchev–Trinajstić information content (AvgIpc) is 3.00. The van der Waals surface area contributed by atoms with Crippen LogP contribution in [0.15, 0.2) is 23.4 Å². The third-order valence-corrected chi connectivity index (χ3v) is 5.34. The Morgan fingerprint density at radius 2 is 2.33 bits per heavy atom. The summed E-state index contributed by atoms with van der Waals surface area (Å²) in [7, 11) is 0. The average molecular weight is 325 g/mol. The number of aromatic nitrogens is 2. The highest BCUT2D eigenvalue weighted by molar-refractivity contribution is 7.99. The summed E-state index contributed by atoms with van der Waals surface area (Å²) in [6.07, 6.45) is 3.48. The van der Waals surface area contributed by atoms with Gasteiger partial charge in [-0.25, -0.2) is 4.98 Å². The topological polar surface area (TPSA) is 55.1 Å². The van der Waals surface area contributed by atoms with Crippen molar-refractivity contribution in [2.75, 3.05) is 5.75 Å². The van der Waals surface area contributed by atoms with Crippen LogP contribution in [-0.4, -0.2) is 26.4 Å². The van der Waals surface area contributed by atoms with E-state index in [2.05, 4.69) is 16.5 Å². The van der Waals surface area contributed by atoms with E-state index in [0.717, 1.165) is 22.6 Å². The molecule has 0 saturated heterocycles. The molecule has 1 aromatic carbocycles. The van der Waals surface area contributed by atoms with Gasteiger partial charge >= 0.3 is 5.97 Å². The second kappa shape index (κ2) is 5.89. The van der Waals surface area contributed by atoms with Gasteiger partial charge in [0.25, 0.3) is 0 Å². The number of fused-ring (bicyclic) bond motifs is 1. The van der Waals surface area contributed by atoms with Crippen molar-refractivity contribution in [2.24, 2.45) is 5.92 Å². The van der Waals surface area contributed by atoms with Crippen LogP contribution in [0, 0.1) is 5.92 Å². The standard InChI is InChI=1S/C15H17ClN2O2S/c1-9-4-2-7-12(9)18-14-10(16)5-3-6-11(14)17-15(18)21-8-13(19)20/h3,5-6,9,12H,2,4,7-8H2,1H3,(H,19,20). The third-order valence-electron chi connectivity index (χ3n) is 4.10. The maximum Gasteiger partial charge on any atom is 0.313 e. The molecule has 1 saturated carbocycles. The molecule has 2 unspecified atom stereocenters. The van der Waals surface area contributed by atoms with Gasteiger partial charge in [-0.3, -0.25) is 4.79 Å². The summed E-state index contributed by atoms with van der Waals surface area (Å²) in [6.45, 7) is 2.24. The Labute approximate surface area is 132 Å². The van der Waals surface area contributed by atoms with Crippen LogP contribution in [0.1, 0.15) is 32.2 Å². The maximum absolute atomic E-state index is 10.9. The zero-order chi connectivity index (χ0) is 15.0. The van der Waals surface area contributed by atoms with Crippen LogP contribution in [0.3, 0.4) is 0 Å². The molecule has 0 bridgehead atoms. The van der Waals surface area contributed by atoms with Crippen LogP contribution in [0.4, 0.5) is 0 Å². The molecular formula is C15H17ClN2O2S. The van der Waals surface area contributed by atoms with Crippen molar-refractivity contribution < 1.29 is 9.90 Å². The fraction of sp³-hybridized carbons (Fsp3) is 0.467. The lowest BCUT2D eigenvalue weighted by Gasteiger charge is -2.21. The third kappa shape index (κ3) is 2.77. The number of para-hydroxylation sites is 1. The number of hydrogen-bond donors (Lipinski definition) is 1. The zero-order valence-electron chi connectivity index (χ0n) is 11.8. The molecule has 1 heterocycles. The van der Waals surface area contributed by atoms with Crippen molar-refractivity contribution in [3.05, 3.63) is 23.2 Å². The lowest BCUT2D eigenvalue weighted by atomic mass is 10.1. The summed E-state index contributed by atoms with van der Waals surface area (Å²) in [5.74, 6) is -0.255. The Bertz CT molecular complexity index is 686.